The summed E-state index contributed by atoms with van der Waals surface area (Å²) in [6.45, 7) is 0.583. The predicted molar refractivity (Wildman–Crippen MR) is 60.0 cm³/mol. The second-order valence-corrected chi connectivity index (χ2v) is 4.76. The van der Waals surface area contributed by atoms with E-state index in [1.807, 2.05) is 12.4 Å². The number of nitrogens with zero attached hydrogens (tertiary/aromatic N) is 2. The lowest BCUT2D eigenvalue weighted by atomic mass is 10.4. The summed E-state index contributed by atoms with van der Waals surface area (Å²) in [6.07, 6.45) is 3.01. The lowest BCUT2D eigenvalue weighted by Gasteiger charge is -2.13. The number of carbonyl (C=O) groups excluding carboxylic acids is 1. The first kappa shape index (κ1) is 10.6. The predicted octanol–water partition coefficient (Wildman–Crippen LogP) is 0.879. The van der Waals surface area contributed by atoms with Crippen molar-refractivity contribution in [3.8, 4) is 0 Å². The van der Waals surface area contributed by atoms with Gasteiger partial charge in [-0.3, -0.25) is 4.79 Å². The number of thiazole rings is 1. The number of rotatable bonds is 4. The van der Waals surface area contributed by atoms with Gasteiger partial charge in [-0.15, -0.1) is 11.3 Å². The molecule has 2 rings (SSSR count). The Morgan fingerprint density at radius 2 is 2.47 bits per heavy atom. The van der Waals surface area contributed by atoms with Crippen LogP contribution in [0.3, 0.4) is 0 Å². The molecule has 1 aliphatic rings. The Hall–Kier alpha value is -0.940. The molecule has 82 valence electrons. The molecular weight excluding hydrogens is 210 g/mol. The summed E-state index contributed by atoms with van der Waals surface area (Å²) in [5, 5.41) is 2.77. The summed E-state index contributed by atoms with van der Waals surface area (Å²) in [7, 11) is 1.85. The minimum absolute atomic E-state index is 0.0389. The van der Waals surface area contributed by atoms with Crippen molar-refractivity contribution < 1.29 is 4.79 Å². The summed E-state index contributed by atoms with van der Waals surface area (Å²) >= 11 is 1.51. The molecule has 1 amide bonds. The van der Waals surface area contributed by atoms with E-state index in [2.05, 4.69) is 4.98 Å². The van der Waals surface area contributed by atoms with E-state index in [0.717, 1.165) is 24.3 Å². The van der Waals surface area contributed by atoms with Crippen molar-refractivity contribution >= 4 is 17.2 Å². The fourth-order valence-electron chi connectivity index (χ4n) is 1.46. The van der Waals surface area contributed by atoms with E-state index in [0.29, 0.717) is 18.3 Å². The van der Waals surface area contributed by atoms with Crippen molar-refractivity contribution in [1.29, 1.82) is 0 Å². The van der Waals surface area contributed by atoms with Gasteiger partial charge in [0.1, 0.15) is 5.69 Å². The highest BCUT2D eigenvalue weighted by atomic mass is 32.1. The number of aromatic nitrogens is 1. The maximum Gasteiger partial charge on any atom is 0.273 e. The second-order valence-electron chi connectivity index (χ2n) is 3.81. The normalized spacial score (nSPS) is 15.3. The van der Waals surface area contributed by atoms with Crippen LogP contribution >= 0.6 is 11.3 Å². The summed E-state index contributed by atoms with van der Waals surface area (Å²) in [5.74, 6) is 0.0389. The molecule has 2 N–H and O–H groups in total. The molecule has 0 spiro atoms. The summed E-state index contributed by atoms with van der Waals surface area (Å²) in [5.41, 5.74) is 6.00. The Morgan fingerprint density at radius 3 is 3.07 bits per heavy atom. The molecule has 1 fully saturated rings. The van der Waals surface area contributed by atoms with Gasteiger partial charge < -0.3 is 10.6 Å². The zero-order valence-electron chi connectivity index (χ0n) is 8.77. The summed E-state index contributed by atoms with van der Waals surface area (Å²) < 4.78 is 0. The van der Waals surface area contributed by atoms with Crippen LogP contribution in [0, 0.1) is 0 Å². The average Bonchev–Trinajstić information content (AvgIpc) is 2.98. The molecule has 0 aromatic carbocycles. The van der Waals surface area contributed by atoms with Gasteiger partial charge in [-0.05, 0) is 19.4 Å². The molecule has 0 unspecified atom stereocenters. The lowest BCUT2D eigenvalue weighted by molar-refractivity contribution is 0.0780. The molecule has 1 aromatic heterocycles. The fourth-order valence-corrected chi connectivity index (χ4v) is 2.24. The van der Waals surface area contributed by atoms with Crippen LogP contribution in [-0.2, 0) is 6.42 Å². The van der Waals surface area contributed by atoms with Crippen LogP contribution in [0.1, 0.15) is 28.3 Å². The third kappa shape index (κ3) is 2.35. The smallest absolute Gasteiger partial charge is 0.273 e. The van der Waals surface area contributed by atoms with Gasteiger partial charge in [-0.1, -0.05) is 0 Å². The van der Waals surface area contributed by atoms with Gasteiger partial charge in [0, 0.05) is 24.9 Å². The van der Waals surface area contributed by atoms with Crippen molar-refractivity contribution in [1.82, 2.24) is 9.88 Å². The third-order valence-electron chi connectivity index (χ3n) is 2.54. The first-order valence-corrected chi connectivity index (χ1v) is 6.02. The highest BCUT2D eigenvalue weighted by Gasteiger charge is 2.30. The summed E-state index contributed by atoms with van der Waals surface area (Å²) in [6, 6.07) is 0.442. The first-order chi connectivity index (χ1) is 7.22. The van der Waals surface area contributed by atoms with Gasteiger partial charge in [-0.2, -0.15) is 0 Å². The molecule has 5 heteroatoms. The van der Waals surface area contributed by atoms with Gasteiger partial charge in [0.15, 0.2) is 0 Å². The van der Waals surface area contributed by atoms with Crippen LogP contribution in [0.2, 0.25) is 0 Å². The second kappa shape index (κ2) is 4.28. The van der Waals surface area contributed by atoms with E-state index in [4.69, 9.17) is 5.73 Å². The maximum atomic E-state index is 11.9. The van der Waals surface area contributed by atoms with Crippen LogP contribution < -0.4 is 5.73 Å². The molecular formula is C10H15N3OS. The monoisotopic (exact) mass is 225 g/mol. The number of hydrogen-bond acceptors (Lipinski definition) is 4. The SMILES string of the molecule is CN(C(=O)c1csc(CCN)n1)C1CC1. The Kier molecular flexibility index (Phi) is 3.02. The minimum atomic E-state index is 0.0389. The Bertz CT molecular complexity index is 359. The zero-order chi connectivity index (χ0) is 10.8. The van der Waals surface area contributed by atoms with E-state index in [1.165, 1.54) is 11.3 Å². The van der Waals surface area contributed by atoms with E-state index >= 15 is 0 Å². The Morgan fingerprint density at radius 1 is 1.73 bits per heavy atom. The van der Waals surface area contributed by atoms with Crippen molar-refractivity contribution in [2.45, 2.75) is 25.3 Å². The summed E-state index contributed by atoms with van der Waals surface area (Å²) in [4.78, 5) is 18.0. The standard InChI is InChI=1S/C10H15N3OS/c1-13(7-2-3-7)10(14)8-6-15-9(12-8)4-5-11/h6-7H,2-5,11H2,1H3. The molecule has 1 aromatic rings. The molecule has 0 radical (unpaired) electrons. The molecule has 0 atom stereocenters. The third-order valence-corrected chi connectivity index (χ3v) is 3.45. The van der Waals surface area contributed by atoms with E-state index in [-0.39, 0.29) is 5.91 Å². The molecule has 0 saturated heterocycles. The topological polar surface area (TPSA) is 59.2 Å². The quantitative estimate of drug-likeness (QED) is 0.827. The number of carbonyl (C=O) groups is 1. The molecule has 0 bridgehead atoms. The van der Waals surface area contributed by atoms with Crippen LogP contribution in [0.4, 0.5) is 0 Å². The van der Waals surface area contributed by atoms with Crippen molar-refractivity contribution in [2.75, 3.05) is 13.6 Å². The van der Waals surface area contributed by atoms with E-state index < -0.39 is 0 Å². The molecule has 1 heterocycles. The van der Waals surface area contributed by atoms with E-state index in [9.17, 15) is 4.79 Å². The van der Waals surface area contributed by atoms with Crippen molar-refractivity contribution in [2.24, 2.45) is 5.73 Å². The molecule has 15 heavy (non-hydrogen) atoms. The Balaban J connectivity index is 2.04. The first-order valence-electron chi connectivity index (χ1n) is 5.14. The molecule has 0 aliphatic heterocycles. The van der Waals surface area contributed by atoms with Crippen LogP contribution in [0.25, 0.3) is 0 Å². The van der Waals surface area contributed by atoms with E-state index in [1.54, 1.807) is 4.90 Å². The number of hydrogen-bond donors (Lipinski definition) is 1. The maximum absolute atomic E-state index is 11.9. The highest BCUT2D eigenvalue weighted by Crippen LogP contribution is 2.26. The van der Waals surface area contributed by atoms with Gasteiger partial charge in [0.25, 0.3) is 5.91 Å². The van der Waals surface area contributed by atoms with Gasteiger partial charge in [0.05, 0.1) is 5.01 Å². The minimum Gasteiger partial charge on any atom is -0.337 e. The van der Waals surface area contributed by atoms with Crippen LogP contribution in [0.15, 0.2) is 5.38 Å². The average molecular weight is 225 g/mol. The highest BCUT2D eigenvalue weighted by molar-refractivity contribution is 7.09. The van der Waals surface area contributed by atoms with Gasteiger partial charge in [0.2, 0.25) is 0 Å². The lowest BCUT2D eigenvalue weighted by Crippen LogP contribution is -2.29. The number of amides is 1. The van der Waals surface area contributed by atoms with Gasteiger partial charge in [-0.25, -0.2) is 4.98 Å². The molecule has 1 aliphatic carbocycles. The number of nitrogens with two attached hydrogens (primary N) is 1. The van der Waals surface area contributed by atoms with Gasteiger partial charge >= 0.3 is 0 Å². The fraction of sp³-hybridized carbons (Fsp3) is 0.600. The van der Waals surface area contributed by atoms with Crippen LogP contribution in [0.5, 0.6) is 0 Å². The Labute approximate surface area is 93.1 Å². The largest absolute Gasteiger partial charge is 0.337 e. The van der Waals surface area contributed by atoms with Crippen molar-refractivity contribution in [3.05, 3.63) is 16.1 Å². The van der Waals surface area contributed by atoms with Crippen LogP contribution in [-0.4, -0.2) is 35.4 Å². The molecule has 4 nitrogen and oxygen atoms in total. The molecule has 1 saturated carbocycles. The zero-order valence-corrected chi connectivity index (χ0v) is 9.59. The van der Waals surface area contributed by atoms with Crippen molar-refractivity contribution in [3.63, 3.8) is 0 Å².